The zero-order valence-electron chi connectivity index (χ0n) is 15.0. The van der Waals surface area contributed by atoms with E-state index in [0.29, 0.717) is 6.04 Å². The first kappa shape index (κ1) is 21.2. The summed E-state index contributed by atoms with van der Waals surface area (Å²) in [5, 5.41) is 3.46. The van der Waals surface area contributed by atoms with Gasteiger partial charge in [0.25, 0.3) is 0 Å². The van der Waals surface area contributed by atoms with Crippen LogP contribution in [0.4, 0.5) is 0 Å². The van der Waals surface area contributed by atoms with Crippen molar-refractivity contribution < 1.29 is 9.53 Å². The number of esters is 1. The molecule has 0 rings (SSSR count). The Bertz CT molecular complexity index is 279. The van der Waals surface area contributed by atoms with Crippen LogP contribution in [0.25, 0.3) is 0 Å². The third-order valence-electron chi connectivity index (χ3n) is 3.99. The molecule has 3 nitrogen and oxygen atoms in total. The van der Waals surface area contributed by atoms with Crippen LogP contribution >= 0.6 is 0 Å². The smallest absolute Gasteiger partial charge is 0.331 e. The SMILES string of the molecule is C=CC(=O)OC(C)NC(CCCCCC)CCCCCCC. The van der Waals surface area contributed by atoms with Crippen molar-refractivity contribution in [2.24, 2.45) is 0 Å². The molecule has 1 N–H and O–H groups in total. The largest absolute Gasteiger partial charge is 0.444 e. The van der Waals surface area contributed by atoms with Crippen LogP contribution in [-0.4, -0.2) is 18.2 Å². The minimum Gasteiger partial charge on any atom is -0.444 e. The van der Waals surface area contributed by atoms with E-state index in [2.05, 4.69) is 25.7 Å². The van der Waals surface area contributed by atoms with Crippen molar-refractivity contribution in [2.75, 3.05) is 0 Å². The molecule has 0 fully saturated rings. The van der Waals surface area contributed by atoms with Gasteiger partial charge in [-0.25, -0.2) is 4.79 Å². The average Bonchev–Trinajstić information content (AvgIpc) is 2.50. The van der Waals surface area contributed by atoms with Gasteiger partial charge in [0, 0.05) is 12.1 Å². The van der Waals surface area contributed by atoms with Crippen molar-refractivity contribution in [3.8, 4) is 0 Å². The number of unbranched alkanes of at least 4 members (excludes halogenated alkanes) is 7. The van der Waals surface area contributed by atoms with Crippen LogP contribution in [0, 0.1) is 0 Å². The van der Waals surface area contributed by atoms with Crippen molar-refractivity contribution in [1.82, 2.24) is 5.32 Å². The predicted molar refractivity (Wildman–Crippen MR) is 94.8 cm³/mol. The van der Waals surface area contributed by atoms with Crippen LogP contribution in [0.5, 0.6) is 0 Å². The van der Waals surface area contributed by atoms with E-state index in [4.69, 9.17) is 4.74 Å². The predicted octanol–water partition coefficient (Wildman–Crippen LogP) is 5.35. The molecule has 0 aromatic heterocycles. The maximum absolute atomic E-state index is 11.3. The second kappa shape index (κ2) is 15.1. The van der Waals surface area contributed by atoms with Gasteiger partial charge in [0.15, 0.2) is 6.23 Å². The maximum atomic E-state index is 11.3. The van der Waals surface area contributed by atoms with E-state index in [1.54, 1.807) is 0 Å². The number of ether oxygens (including phenoxy) is 1. The Morgan fingerprint density at radius 2 is 1.50 bits per heavy atom. The highest BCUT2D eigenvalue weighted by molar-refractivity contribution is 5.81. The van der Waals surface area contributed by atoms with Gasteiger partial charge < -0.3 is 4.74 Å². The Hall–Kier alpha value is -0.830. The van der Waals surface area contributed by atoms with Gasteiger partial charge in [-0.3, -0.25) is 5.32 Å². The normalized spacial score (nSPS) is 13.6. The second-order valence-electron chi connectivity index (χ2n) is 6.20. The molecule has 22 heavy (non-hydrogen) atoms. The lowest BCUT2D eigenvalue weighted by molar-refractivity contribution is -0.144. The van der Waals surface area contributed by atoms with Gasteiger partial charge in [0.05, 0.1) is 0 Å². The third-order valence-corrected chi connectivity index (χ3v) is 3.99. The van der Waals surface area contributed by atoms with E-state index >= 15 is 0 Å². The monoisotopic (exact) mass is 311 g/mol. The van der Waals surface area contributed by atoms with Gasteiger partial charge in [0.2, 0.25) is 0 Å². The molecule has 0 saturated heterocycles. The fourth-order valence-corrected chi connectivity index (χ4v) is 2.71. The van der Waals surface area contributed by atoms with Crippen LogP contribution in [0.15, 0.2) is 12.7 Å². The van der Waals surface area contributed by atoms with Crippen LogP contribution in [0.1, 0.15) is 91.4 Å². The summed E-state index contributed by atoms with van der Waals surface area (Å²) in [7, 11) is 0. The topological polar surface area (TPSA) is 38.3 Å². The van der Waals surface area contributed by atoms with Crippen molar-refractivity contribution in [3.05, 3.63) is 12.7 Å². The molecule has 130 valence electrons. The van der Waals surface area contributed by atoms with Crippen LogP contribution < -0.4 is 5.32 Å². The molecular weight excluding hydrogens is 274 g/mol. The number of hydrogen-bond donors (Lipinski definition) is 1. The number of rotatable bonds is 15. The van der Waals surface area contributed by atoms with Crippen molar-refractivity contribution >= 4 is 5.97 Å². The van der Waals surface area contributed by atoms with Crippen molar-refractivity contribution in [1.29, 1.82) is 0 Å². The Morgan fingerprint density at radius 1 is 1.00 bits per heavy atom. The standard InChI is InChI=1S/C19H37NO2/c1-5-8-10-12-14-16-18(15-13-11-9-6-2)20-17(4)22-19(21)7-3/h7,17-18,20H,3,5-6,8-16H2,1-2,4H3. The van der Waals surface area contributed by atoms with Gasteiger partial charge in [-0.1, -0.05) is 78.2 Å². The Balaban J connectivity index is 4.07. The van der Waals surface area contributed by atoms with Gasteiger partial charge in [-0.2, -0.15) is 0 Å². The highest BCUT2D eigenvalue weighted by Crippen LogP contribution is 2.14. The average molecular weight is 312 g/mol. The van der Waals surface area contributed by atoms with E-state index in [9.17, 15) is 4.79 Å². The van der Waals surface area contributed by atoms with E-state index in [1.807, 2.05) is 6.92 Å². The Morgan fingerprint density at radius 3 is 2.00 bits per heavy atom. The molecule has 0 aromatic rings. The van der Waals surface area contributed by atoms with E-state index in [1.165, 1.54) is 76.7 Å². The number of nitrogens with one attached hydrogen (secondary N) is 1. The van der Waals surface area contributed by atoms with Gasteiger partial charge in [-0.15, -0.1) is 0 Å². The molecule has 0 spiro atoms. The molecule has 0 aliphatic carbocycles. The molecule has 0 radical (unpaired) electrons. The summed E-state index contributed by atoms with van der Waals surface area (Å²) in [4.78, 5) is 11.3. The van der Waals surface area contributed by atoms with E-state index in [-0.39, 0.29) is 12.2 Å². The van der Waals surface area contributed by atoms with Gasteiger partial charge >= 0.3 is 5.97 Å². The lowest BCUT2D eigenvalue weighted by Crippen LogP contribution is -2.39. The summed E-state index contributed by atoms with van der Waals surface area (Å²) in [6.07, 6.45) is 15.0. The summed E-state index contributed by atoms with van der Waals surface area (Å²) < 4.78 is 5.23. The first-order valence-electron chi connectivity index (χ1n) is 9.23. The zero-order valence-corrected chi connectivity index (χ0v) is 15.0. The van der Waals surface area contributed by atoms with E-state index in [0.717, 1.165) is 0 Å². The van der Waals surface area contributed by atoms with Crippen LogP contribution in [0.2, 0.25) is 0 Å². The summed E-state index contributed by atoms with van der Waals surface area (Å²) in [5.41, 5.74) is 0. The third kappa shape index (κ3) is 12.9. The molecule has 3 heteroatoms. The van der Waals surface area contributed by atoms with Crippen molar-refractivity contribution in [2.45, 2.75) is 104 Å². The van der Waals surface area contributed by atoms with Gasteiger partial charge in [-0.05, 0) is 19.8 Å². The lowest BCUT2D eigenvalue weighted by Gasteiger charge is -2.23. The summed E-state index contributed by atoms with van der Waals surface area (Å²) in [5.74, 6) is -0.354. The number of carbonyl (C=O) groups is 1. The minimum atomic E-state index is -0.354. The summed E-state index contributed by atoms with van der Waals surface area (Å²) in [6.45, 7) is 9.82. The highest BCUT2D eigenvalue weighted by atomic mass is 16.6. The minimum absolute atomic E-state index is 0.239. The van der Waals surface area contributed by atoms with Gasteiger partial charge in [0.1, 0.15) is 0 Å². The second-order valence-corrected chi connectivity index (χ2v) is 6.20. The fraction of sp³-hybridized carbons (Fsp3) is 0.842. The first-order valence-corrected chi connectivity index (χ1v) is 9.23. The molecule has 0 amide bonds. The summed E-state index contributed by atoms with van der Waals surface area (Å²) in [6, 6.07) is 0.450. The molecule has 0 aliphatic heterocycles. The number of carbonyl (C=O) groups excluding carboxylic acids is 1. The number of hydrogen-bond acceptors (Lipinski definition) is 3. The molecule has 2 unspecified atom stereocenters. The van der Waals surface area contributed by atoms with Crippen molar-refractivity contribution in [3.63, 3.8) is 0 Å². The molecule has 0 heterocycles. The maximum Gasteiger partial charge on any atom is 0.331 e. The van der Waals surface area contributed by atoms with Crippen LogP contribution in [0.3, 0.4) is 0 Å². The molecule has 0 saturated carbocycles. The quantitative estimate of drug-likeness (QED) is 0.192. The van der Waals surface area contributed by atoms with Crippen LogP contribution in [-0.2, 0) is 9.53 Å². The first-order chi connectivity index (χ1) is 10.6. The zero-order chi connectivity index (χ0) is 16.6. The van der Waals surface area contributed by atoms with E-state index < -0.39 is 0 Å². The fourth-order valence-electron chi connectivity index (χ4n) is 2.71. The Labute approximate surface area is 137 Å². The Kier molecular flexibility index (Phi) is 14.5. The molecule has 0 bridgehead atoms. The molecule has 0 aromatic carbocycles. The summed E-state index contributed by atoms with van der Waals surface area (Å²) >= 11 is 0. The molecular formula is C19H37NO2. The highest BCUT2D eigenvalue weighted by Gasteiger charge is 2.13. The lowest BCUT2D eigenvalue weighted by atomic mass is 10.0. The molecule has 0 aliphatic rings. The molecule has 2 atom stereocenters.